The number of allylic oxidation sites excluding steroid dienone is 2. The summed E-state index contributed by atoms with van der Waals surface area (Å²) in [6.07, 6.45) is 8.81. The van der Waals surface area contributed by atoms with Gasteiger partial charge in [-0.3, -0.25) is 9.68 Å². The van der Waals surface area contributed by atoms with E-state index < -0.39 is 11.8 Å². The lowest BCUT2D eigenvalue weighted by Crippen LogP contribution is -2.49. The van der Waals surface area contributed by atoms with Crippen molar-refractivity contribution in [3.8, 4) is 0 Å². The largest absolute Gasteiger partial charge is 0.477 e. The summed E-state index contributed by atoms with van der Waals surface area (Å²) in [5.74, 6) is -3.09. The van der Waals surface area contributed by atoms with Crippen molar-refractivity contribution in [1.82, 2.24) is 20.5 Å². The summed E-state index contributed by atoms with van der Waals surface area (Å²) in [6.45, 7) is 0. The van der Waals surface area contributed by atoms with E-state index in [1.165, 1.54) is 19.7 Å². The lowest BCUT2D eigenvalue weighted by molar-refractivity contribution is -0.285. The second kappa shape index (κ2) is 12.1. The summed E-state index contributed by atoms with van der Waals surface area (Å²) in [7, 11) is 2.99. The van der Waals surface area contributed by atoms with E-state index in [4.69, 9.17) is 9.68 Å². The number of benzene rings is 2. The second-order valence-corrected chi connectivity index (χ2v) is 7.45. The number of hydroxylamine groups is 2. The highest BCUT2D eigenvalue weighted by molar-refractivity contribution is 5.75. The van der Waals surface area contributed by atoms with Crippen molar-refractivity contribution >= 4 is 11.5 Å². The molecule has 1 heterocycles. The number of hydrogen-bond acceptors (Lipinski definition) is 6. The zero-order chi connectivity index (χ0) is 23.5. The summed E-state index contributed by atoms with van der Waals surface area (Å²) in [4.78, 5) is 26.7. The Morgan fingerprint density at radius 1 is 1.09 bits per heavy atom. The highest BCUT2D eigenvalue weighted by Crippen LogP contribution is 2.32. The first kappa shape index (κ1) is 24.3. The number of carboxylic acid groups (broad SMARTS) is 1. The summed E-state index contributed by atoms with van der Waals surface area (Å²) in [5.41, 5.74) is 8.19. The molecule has 1 aromatic heterocycles. The summed E-state index contributed by atoms with van der Waals surface area (Å²) in [6, 6.07) is 20.3. The number of aliphatic carboxylic acids is 1. The lowest BCUT2D eigenvalue weighted by Gasteiger charge is -2.27. The van der Waals surface area contributed by atoms with Crippen molar-refractivity contribution in [1.29, 1.82) is 0 Å². The third-order valence-electron chi connectivity index (χ3n) is 5.32. The molecule has 33 heavy (non-hydrogen) atoms. The van der Waals surface area contributed by atoms with Crippen molar-refractivity contribution in [2.45, 2.75) is 31.1 Å². The fourth-order valence-corrected chi connectivity index (χ4v) is 3.81. The molecule has 0 spiro atoms. The average molecular weight is 451 g/mol. The molecule has 0 saturated heterocycles. The number of carboxylic acids is 1. The maximum absolute atomic E-state index is 11.9. The van der Waals surface area contributed by atoms with Crippen LogP contribution in [0.15, 0.2) is 85.5 Å². The molecule has 0 bridgehead atoms. The van der Waals surface area contributed by atoms with E-state index in [2.05, 4.69) is 50.9 Å². The third-order valence-corrected chi connectivity index (χ3v) is 5.32. The van der Waals surface area contributed by atoms with Crippen molar-refractivity contribution in [3.63, 3.8) is 0 Å². The first-order valence-corrected chi connectivity index (χ1v) is 10.8. The van der Waals surface area contributed by atoms with Gasteiger partial charge in [-0.1, -0.05) is 66.7 Å². The number of aromatic nitrogens is 2. The van der Waals surface area contributed by atoms with Crippen LogP contribution in [0.3, 0.4) is 0 Å². The molecule has 1 unspecified atom stereocenters. The van der Waals surface area contributed by atoms with Crippen LogP contribution in [0.5, 0.6) is 0 Å². The Hall–Kier alpha value is -3.30. The van der Waals surface area contributed by atoms with Crippen molar-refractivity contribution in [2.24, 2.45) is 0 Å². The van der Waals surface area contributed by atoms with E-state index in [0.717, 1.165) is 17.6 Å². The van der Waals surface area contributed by atoms with Gasteiger partial charge in [0.1, 0.15) is 0 Å². The molecule has 0 aliphatic rings. The standard InChI is InChI=1S/C25H30N4O4/c1-26-32-25(24(30)31,33-27-2)15-9-14-22(21-12-7-4-8-13-21)23(29-17-16-28-19-29)18-20-10-5-3-6-11-20/h3-8,10-14,16-17,19,23,26-27H,9,15,18H2,1-2H3,(H,30,31)/b22-14-. The minimum atomic E-state index is -1.87. The normalized spacial score (nSPS) is 13.1. The number of nitrogens with zero attached hydrogens (tertiary/aromatic N) is 2. The van der Waals surface area contributed by atoms with Crippen LogP contribution in [0.1, 0.15) is 30.0 Å². The average Bonchev–Trinajstić information content (AvgIpc) is 3.37. The Labute approximate surface area is 193 Å². The molecule has 2 aromatic carbocycles. The van der Waals surface area contributed by atoms with Crippen LogP contribution in [0.2, 0.25) is 0 Å². The molecule has 0 amide bonds. The molecule has 0 aliphatic heterocycles. The van der Waals surface area contributed by atoms with Gasteiger partial charge >= 0.3 is 11.8 Å². The smallest absolute Gasteiger partial charge is 0.367 e. The fraction of sp³-hybridized carbons (Fsp3) is 0.280. The number of rotatable bonds is 13. The van der Waals surface area contributed by atoms with Gasteiger partial charge in [-0.25, -0.2) is 20.7 Å². The predicted molar refractivity (Wildman–Crippen MR) is 126 cm³/mol. The van der Waals surface area contributed by atoms with Crippen LogP contribution in [-0.2, 0) is 20.9 Å². The van der Waals surface area contributed by atoms with Crippen molar-refractivity contribution in [2.75, 3.05) is 14.1 Å². The number of nitrogens with one attached hydrogen (secondary N) is 2. The Morgan fingerprint density at radius 3 is 2.27 bits per heavy atom. The molecule has 0 radical (unpaired) electrons. The van der Waals surface area contributed by atoms with E-state index in [1.54, 1.807) is 12.5 Å². The van der Waals surface area contributed by atoms with Crippen LogP contribution >= 0.6 is 0 Å². The Kier molecular flexibility index (Phi) is 8.91. The molecule has 0 fully saturated rings. The van der Waals surface area contributed by atoms with Gasteiger partial charge in [0, 0.05) is 32.9 Å². The van der Waals surface area contributed by atoms with Gasteiger partial charge in [-0.05, 0) is 29.5 Å². The molecule has 0 saturated carbocycles. The first-order chi connectivity index (χ1) is 16.1. The molecule has 8 nitrogen and oxygen atoms in total. The number of carbonyl (C=O) groups is 1. The Balaban J connectivity index is 1.97. The van der Waals surface area contributed by atoms with Crippen LogP contribution < -0.4 is 11.0 Å². The number of imidazole rings is 1. The van der Waals surface area contributed by atoms with E-state index >= 15 is 0 Å². The minimum Gasteiger partial charge on any atom is -0.477 e. The molecule has 8 heteroatoms. The van der Waals surface area contributed by atoms with Crippen molar-refractivity contribution < 1.29 is 19.6 Å². The highest BCUT2D eigenvalue weighted by Gasteiger charge is 2.41. The van der Waals surface area contributed by atoms with Crippen LogP contribution in [0.25, 0.3) is 5.57 Å². The molecule has 1 atom stereocenters. The van der Waals surface area contributed by atoms with E-state index in [0.29, 0.717) is 6.42 Å². The van der Waals surface area contributed by atoms with Gasteiger partial charge in [0.05, 0.1) is 12.4 Å². The summed E-state index contributed by atoms with van der Waals surface area (Å²) >= 11 is 0. The van der Waals surface area contributed by atoms with Gasteiger partial charge in [0.25, 0.3) is 0 Å². The molecule has 3 aromatic rings. The van der Waals surface area contributed by atoms with E-state index in [1.807, 2.05) is 42.6 Å². The van der Waals surface area contributed by atoms with E-state index in [9.17, 15) is 9.90 Å². The zero-order valence-electron chi connectivity index (χ0n) is 18.8. The lowest BCUT2D eigenvalue weighted by atomic mass is 9.91. The maximum Gasteiger partial charge on any atom is 0.367 e. The molecule has 3 N–H and O–H groups in total. The predicted octanol–water partition coefficient (Wildman–Crippen LogP) is 3.61. The van der Waals surface area contributed by atoms with Crippen LogP contribution in [0.4, 0.5) is 0 Å². The highest BCUT2D eigenvalue weighted by atomic mass is 16.8. The van der Waals surface area contributed by atoms with Crippen LogP contribution in [-0.4, -0.2) is 40.5 Å². The first-order valence-electron chi connectivity index (χ1n) is 10.8. The van der Waals surface area contributed by atoms with Gasteiger partial charge in [-0.15, -0.1) is 0 Å². The SMILES string of the molecule is CNOC(CC/C=C(/c1ccccc1)C(Cc1ccccc1)n1ccnc1)(ONC)C(=O)O. The Morgan fingerprint density at radius 2 is 1.73 bits per heavy atom. The zero-order valence-corrected chi connectivity index (χ0v) is 18.8. The molecule has 0 aliphatic carbocycles. The van der Waals surface area contributed by atoms with Gasteiger partial charge in [-0.2, -0.15) is 0 Å². The third kappa shape index (κ3) is 6.36. The van der Waals surface area contributed by atoms with Crippen molar-refractivity contribution in [3.05, 3.63) is 96.6 Å². The van der Waals surface area contributed by atoms with Gasteiger partial charge in [0.2, 0.25) is 0 Å². The summed E-state index contributed by atoms with van der Waals surface area (Å²) < 4.78 is 2.07. The van der Waals surface area contributed by atoms with Gasteiger partial charge < -0.3 is 9.67 Å². The quantitative estimate of drug-likeness (QED) is 0.270. The maximum atomic E-state index is 11.9. The van der Waals surface area contributed by atoms with Gasteiger partial charge in [0.15, 0.2) is 0 Å². The molecular weight excluding hydrogens is 420 g/mol. The topological polar surface area (TPSA) is 97.6 Å². The minimum absolute atomic E-state index is 0.0352. The van der Waals surface area contributed by atoms with E-state index in [-0.39, 0.29) is 12.5 Å². The van der Waals surface area contributed by atoms with Crippen LogP contribution in [0, 0.1) is 0 Å². The summed E-state index contributed by atoms with van der Waals surface area (Å²) in [5, 5.41) is 9.76. The monoisotopic (exact) mass is 450 g/mol. The Bertz CT molecular complexity index is 1000. The molecule has 3 rings (SSSR count). The molecule has 174 valence electrons. The fourth-order valence-electron chi connectivity index (χ4n) is 3.81. The molecular formula is C25H30N4O4. The number of hydrogen-bond donors (Lipinski definition) is 3. The second-order valence-electron chi connectivity index (χ2n) is 7.45.